The quantitative estimate of drug-likeness (QED) is 0.723. The molecule has 0 radical (unpaired) electrons. The summed E-state index contributed by atoms with van der Waals surface area (Å²) in [6.45, 7) is 13.0. The first kappa shape index (κ1) is 22.1. The second kappa shape index (κ2) is 6.97. The summed E-state index contributed by atoms with van der Waals surface area (Å²) in [7, 11) is -2.39. The molecule has 7 nitrogen and oxygen atoms in total. The van der Waals surface area contributed by atoms with Crippen molar-refractivity contribution in [2.45, 2.75) is 83.0 Å². The molecule has 1 unspecified atom stereocenters. The molecule has 0 saturated carbocycles. The average Bonchev–Trinajstić information content (AvgIpc) is 3.02. The summed E-state index contributed by atoms with van der Waals surface area (Å²) >= 11 is 0. The second-order valence-corrected chi connectivity index (χ2v) is 14.2. The molecule has 0 bridgehead atoms. The third-order valence-electron chi connectivity index (χ3n) is 6.17. The fraction of sp³-hybridized carbons (Fsp3) is 0.684. The number of halogens is 2. The third-order valence-corrected chi connectivity index (χ3v) is 10.6. The van der Waals surface area contributed by atoms with E-state index in [0.29, 0.717) is 0 Å². The standard InChI is InChI=1S/C19H30F2N4O3Si/c1-10(26)13-14(28-29(6,7)18(2,3)4)19(5,21)17(27-13)25-8-11(20)12-15(22)23-9-24-16(12)25/h8-10,13-14,17,26H,1-7H3,(H2,22,23,24)/t10-,13-,14?,17-,19-/m1/s1. The normalized spacial score (nSPS) is 29.5. The SMILES string of the molecule is C[C@@H](O)[C@H]1O[C@@H](n2cc(F)c3c(N)ncnc32)[C@](C)(F)C1O[Si](C)(C)C(C)(C)C. The molecular weight excluding hydrogens is 398 g/mol. The fourth-order valence-electron chi connectivity index (χ4n) is 3.44. The van der Waals surface area contributed by atoms with Crippen LogP contribution in [0.5, 0.6) is 0 Å². The number of nitrogens with two attached hydrogens (primary N) is 1. The van der Waals surface area contributed by atoms with Crippen molar-refractivity contribution in [1.29, 1.82) is 0 Å². The van der Waals surface area contributed by atoms with Gasteiger partial charge in [0.05, 0.1) is 11.5 Å². The van der Waals surface area contributed by atoms with E-state index in [1.807, 2.05) is 33.9 Å². The average molecular weight is 429 g/mol. The Balaban J connectivity index is 2.08. The zero-order valence-electron chi connectivity index (χ0n) is 17.9. The lowest BCUT2D eigenvalue weighted by Crippen LogP contribution is -2.53. The molecular formula is C19H30F2N4O3Si. The summed E-state index contributed by atoms with van der Waals surface area (Å²) in [6, 6.07) is 0. The highest BCUT2D eigenvalue weighted by Gasteiger charge is 2.60. The Bertz CT molecular complexity index is 911. The number of rotatable bonds is 4. The van der Waals surface area contributed by atoms with Crippen molar-refractivity contribution in [2.24, 2.45) is 0 Å². The molecule has 2 aromatic rings. The van der Waals surface area contributed by atoms with Crippen LogP contribution in [0.4, 0.5) is 14.6 Å². The first-order chi connectivity index (χ1) is 13.2. The molecule has 1 fully saturated rings. The highest BCUT2D eigenvalue weighted by molar-refractivity contribution is 6.74. The molecule has 3 N–H and O–H groups in total. The minimum Gasteiger partial charge on any atom is -0.408 e. The van der Waals surface area contributed by atoms with E-state index in [4.69, 9.17) is 14.9 Å². The molecule has 1 saturated heterocycles. The highest BCUT2D eigenvalue weighted by Crippen LogP contribution is 2.48. The summed E-state index contributed by atoms with van der Waals surface area (Å²) < 4.78 is 44.3. The third kappa shape index (κ3) is 3.56. The lowest BCUT2D eigenvalue weighted by molar-refractivity contribution is -0.0787. The van der Waals surface area contributed by atoms with Crippen LogP contribution in [0.25, 0.3) is 11.0 Å². The van der Waals surface area contributed by atoms with Crippen LogP contribution in [0.1, 0.15) is 40.8 Å². The smallest absolute Gasteiger partial charge is 0.192 e. The van der Waals surface area contributed by atoms with Gasteiger partial charge in [0.15, 0.2) is 31.7 Å². The summed E-state index contributed by atoms with van der Waals surface area (Å²) in [5, 5.41) is 10.1. The van der Waals surface area contributed by atoms with E-state index < -0.39 is 44.3 Å². The van der Waals surface area contributed by atoms with Crippen molar-refractivity contribution in [3.05, 3.63) is 18.3 Å². The number of aliphatic hydroxyl groups is 1. The minimum absolute atomic E-state index is 0.00858. The number of fused-ring (bicyclic) bond motifs is 1. The maximum Gasteiger partial charge on any atom is 0.192 e. The van der Waals surface area contributed by atoms with Gasteiger partial charge in [0, 0.05) is 6.20 Å². The van der Waals surface area contributed by atoms with E-state index in [2.05, 4.69) is 9.97 Å². The minimum atomic E-state index is -2.39. The van der Waals surface area contributed by atoms with E-state index in [1.165, 1.54) is 24.7 Å². The van der Waals surface area contributed by atoms with Crippen LogP contribution in [0, 0.1) is 5.82 Å². The van der Waals surface area contributed by atoms with E-state index in [0.717, 1.165) is 6.20 Å². The van der Waals surface area contributed by atoms with Gasteiger partial charge in [0.25, 0.3) is 0 Å². The first-order valence-corrected chi connectivity index (χ1v) is 12.6. The molecule has 5 atom stereocenters. The van der Waals surface area contributed by atoms with Gasteiger partial charge in [-0.25, -0.2) is 18.7 Å². The molecule has 10 heteroatoms. The Morgan fingerprint density at radius 2 is 2.00 bits per heavy atom. The van der Waals surface area contributed by atoms with Crippen molar-refractivity contribution >= 4 is 25.2 Å². The van der Waals surface area contributed by atoms with Gasteiger partial charge in [-0.2, -0.15) is 0 Å². The Morgan fingerprint density at radius 1 is 1.38 bits per heavy atom. The summed E-state index contributed by atoms with van der Waals surface area (Å²) in [5.74, 6) is -0.703. The highest BCUT2D eigenvalue weighted by atomic mass is 28.4. The van der Waals surface area contributed by atoms with Crippen LogP contribution in [0.15, 0.2) is 12.5 Å². The Labute approximate surface area is 170 Å². The number of hydrogen-bond acceptors (Lipinski definition) is 6. The molecule has 3 rings (SSSR count). The number of ether oxygens (including phenoxy) is 1. The molecule has 29 heavy (non-hydrogen) atoms. The zero-order chi connectivity index (χ0) is 21.9. The molecule has 1 aliphatic heterocycles. The van der Waals surface area contributed by atoms with Crippen molar-refractivity contribution in [3.8, 4) is 0 Å². The predicted octanol–water partition coefficient (Wildman–Crippen LogP) is 3.55. The van der Waals surface area contributed by atoms with E-state index in [-0.39, 0.29) is 21.9 Å². The fourth-order valence-corrected chi connectivity index (χ4v) is 4.79. The van der Waals surface area contributed by atoms with Gasteiger partial charge in [-0.1, -0.05) is 20.8 Å². The van der Waals surface area contributed by atoms with Gasteiger partial charge >= 0.3 is 0 Å². The molecule has 0 spiro atoms. The van der Waals surface area contributed by atoms with Crippen molar-refractivity contribution in [1.82, 2.24) is 14.5 Å². The van der Waals surface area contributed by atoms with Gasteiger partial charge in [-0.05, 0) is 32.0 Å². The first-order valence-electron chi connectivity index (χ1n) is 9.65. The van der Waals surface area contributed by atoms with Gasteiger partial charge in [-0.15, -0.1) is 0 Å². The Kier molecular flexibility index (Phi) is 5.30. The number of aliphatic hydroxyl groups excluding tert-OH is 1. The number of alkyl halides is 1. The lowest BCUT2D eigenvalue weighted by atomic mass is 9.96. The second-order valence-electron chi connectivity index (χ2n) is 9.49. The number of hydrogen-bond donors (Lipinski definition) is 2. The van der Waals surface area contributed by atoms with Gasteiger partial charge in [0.2, 0.25) is 0 Å². The Hall–Kier alpha value is -1.62. The van der Waals surface area contributed by atoms with Crippen LogP contribution in [-0.2, 0) is 9.16 Å². The summed E-state index contributed by atoms with van der Waals surface area (Å²) in [4.78, 5) is 7.87. The van der Waals surface area contributed by atoms with E-state index >= 15 is 4.39 Å². The van der Waals surface area contributed by atoms with Crippen LogP contribution in [-0.4, -0.2) is 51.9 Å². The predicted molar refractivity (Wildman–Crippen MR) is 109 cm³/mol. The lowest BCUT2D eigenvalue weighted by Gasteiger charge is -2.41. The Morgan fingerprint density at radius 3 is 2.55 bits per heavy atom. The number of aromatic nitrogens is 3. The van der Waals surface area contributed by atoms with Gasteiger partial charge in [0.1, 0.15) is 24.4 Å². The number of nitrogen functional groups attached to an aromatic ring is 1. The number of nitrogens with zero attached hydrogens (tertiary/aromatic N) is 3. The maximum absolute atomic E-state index is 16.2. The molecule has 0 amide bonds. The molecule has 1 aliphatic rings. The molecule has 3 heterocycles. The van der Waals surface area contributed by atoms with Crippen LogP contribution < -0.4 is 5.73 Å². The largest absolute Gasteiger partial charge is 0.408 e. The van der Waals surface area contributed by atoms with Crippen LogP contribution in [0.3, 0.4) is 0 Å². The summed E-state index contributed by atoms with van der Waals surface area (Å²) in [6.07, 6.45) is -1.91. The summed E-state index contributed by atoms with van der Waals surface area (Å²) in [5.41, 5.74) is 3.84. The van der Waals surface area contributed by atoms with Gasteiger partial charge < -0.3 is 20.0 Å². The van der Waals surface area contributed by atoms with E-state index in [1.54, 1.807) is 0 Å². The molecule has 162 valence electrons. The van der Waals surface area contributed by atoms with Crippen LogP contribution in [0.2, 0.25) is 18.1 Å². The van der Waals surface area contributed by atoms with Crippen molar-refractivity contribution in [3.63, 3.8) is 0 Å². The molecule has 2 aromatic heterocycles. The topological polar surface area (TPSA) is 95.4 Å². The van der Waals surface area contributed by atoms with Gasteiger partial charge in [-0.3, -0.25) is 4.57 Å². The zero-order valence-corrected chi connectivity index (χ0v) is 18.9. The van der Waals surface area contributed by atoms with Crippen molar-refractivity contribution < 1.29 is 23.1 Å². The van der Waals surface area contributed by atoms with Crippen LogP contribution >= 0.6 is 0 Å². The maximum atomic E-state index is 16.2. The number of anilines is 1. The van der Waals surface area contributed by atoms with E-state index in [9.17, 15) is 9.50 Å². The molecule has 0 aliphatic carbocycles. The van der Waals surface area contributed by atoms with Crippen molar-refractivity contribution in [2.75, 3.05) is 5.73 Å². The monoisotopic (exact) mass is 428 g/mol. The molecule has 0 aromatic carbocycles.